The van der Waals surface area contributed by atoms with Crippen molar-refractivity contribution in [3.63, 3.8) is 0 Å². The Kier molecular flexibility index (Phi) is 4.22. The number of nitrogens with zero attached hydrogens (tertiary/aromatic N) is 2. The molecule has 1 aromatic carbocycles. The van der Waals surface area contributed by atoms with Gasteiger partial charge in [-0.25, -0.2) is 9.59 Å². The highest BCUT2D eigenvalue weighted by Crippen LogP contribution is 2.19. The second-order valence-electron chi connectivity index (χ2n) is 4.59. The quantitative estimate of drug-likeness (QED) is 0.798. The Hall–Kier alpha value is -2.83. The molecule has 0 bridgehead atoms. The highest BCUT2D eigenvalue weighted by molar-refractivity contribution is 6.01. The summed E-state index contributed by atoms with van der Waals surface area (Å²) in [7, 11) is 1.79. The van der Waals surface area contributed by atoms with Gasteiger partial charge in [-0.3, -0.25) is 4.68 Å². The maximum absolute atomic E-state index is 11.8. The number of benzene rings is 1. The zero-order valence-electron chi connectivity index (χ0n) is 11.8. The van der Waals surface area contributed by atoms with Gasteiger partial charge in [0.1, 0.15) is 0 Å². The molecule has 0 unspecified atom stereocenters. The van der Waals surface area contributed by atoms with E-state index in [1.54, 1.807) is 49.1 Å². The van der Waals surface area contributed by atoms with Crippen LogP contribution in [0.25, 0.3) is 0 Å². The lowest BCUT2D eigenvalue weighted by Crippen LogP contribution is -2.29. The van der Waals surface area contributed by atoms with Crippen LogP contribution >= 0.6 is 0 Å². The molecule has 0 fully saturated rings. The third-order valence-corrected chi connectivity index (χ3v) is 2.93. The Labute approximate surface area is 121 Å². The molecule has 0 spiro atoms. The molecule has 0 saturated heterocycles. The number of carboxylic acid groups (broad SMARTS) is 1. The number of hydrogen-bond acceptors (Lipinski definition) is 3. The molecule has 0 saturated carbocycles. The largest absolute Gasteiger partial charge is 0.478 e. The minimum absolute atomic E-state index is 0.0884. The monoisotopic (exact) mass is 288 g/mol. The highest BCUT2D eigenvalue weighted by Gasteiger charge is 2.14. The minimum atomic E-state index is -1.08. The number of rotatable bonds is 4. The number of amides is 2. The van der Waals surface area contributed by atoms with Crippen LogP contribution in [0.2, 0.25) is 0 Å². The first kappa shape index (κ1) is 14.6. The smallest absolute Gasteiger partial charge is 0.338 e. The lowest BCUT2D eigenvalue weighted by Gasteiger charge is -2.11. The number of aromatic carboxylic acids is 1. The number of carbonyl (C=O) groups is 2. The molecule has 2 rings (SSSR count). The fourth-order valence-electron chi connectivity index (χ4n) is 1.95. The van der Waals surface area contributed by atoms with E-state index in [-0.39, 0.29) is 17.8 Å². The first-order chi connectivity index (χ1) is 9.97. The Morgan fingerprint density at radius 2 is 2.10 bits per heavy atom. The van der Waals surface area contributed by atoms with E-state index < -0.39 is 12.0 Å². The zero-order chi connectivity index (χ0) is 15.4. The van der Waals surface area contributed by atoms with E-state index in [4.69, 9.17) is 0 Å². The number of aryl methyl sites for hydroxylation is 2. The number of carboxylic acids is 1. The van der Waals surface area contributed by atoms with Gasteiger partial charge in [0.2, 0.25) is 0 Å². The highest BCUT2D eigenvalue weighted by atomic mass is 16.4. The molecular formula is C14H16N4O3. The second kappa shape index (κ2) is 6.08. The average molecular weight is 288 g/mol. The van der Waals surface area contributed by atoms with Crippen LogP contribution in [-0.4, -0.2) is 26.9 Å². The number of aromatic nitrogens is 2. The lowest BCUT2D eigenvalue weighted by atomic mass is 10.1. The first-order valence-corrected chi connectivity index (χ1v) is 6.33. The van der Waals surface area contributed by atoms with Gasteiger partial charge in [0.25, 0.3) is 0 Å². The van der Waals surface area contributed by atoms with Gasteiger partial charge in [0.15, 0.2) is 0 Å². The fourth-order valence-corrected chi connectivity index (χ4v) is 1.95. The second-order valence-corrected chi connectivity index (χ2v) is 4.59. The van der Waals surface area contributed by atoms with E-state index in [2.05, 4.69) is 15.7 Å². The Balaban J connectivity index is 2.03. The van der Waals surface area contributed by atoms with Crippen molar-refractivity contribution in [3.8, 4) is 0 Å². The van der Waals surface area contributed by atoms with E-state index in [1.165, 1.54) is 0 Å². The fraction of sp³-hybridized carbons (Fsp3) is 0.214. The van der Waals surface area contributed by atoms with E-state index in [0.717, 1.165) is 5.69 Å². The van der Waals surface area contributed by atoms with Crippen molar-refractivity contribution in [1.29, 1.82) is 0 Å². The maximum atomic E-state index is 11.8. The van der Waals surface area contributed by atoms with E-state index in [9.17, 15) is 14.7 Å². The van der Waals surface area contributed by atoms with Crippen LogP contribution in [0.5, 0.6) is 0 Å². The molecule has 21 heavy (non-hydrogen) atoms. The van der Waals surface area contributed by atoms with Crippen LogP contribution in [0.15, 0.2) is 30.5 Å². The Morgan fingerprint density at radius 1 is 1.33 bits per heavy atom. The molecule has 1 heterocycles. The van der Waals surface area contributed by atoms with Gasteiger partial charge >= 0.3 is 12.0 Å². The molecule has 3 N–H and O–H groups in total. The van der Waals surface area contributed by atoms with Crippen LogP contribution in [0.1, 0.15) is 21.6 Å². The summed E-state index contributed by atoms with van der Waals surface area (Å²) >= 11 is 0. The molecule has 0 aliphatic carbocycles. The zero-order valence-corrected chi connectivity index (χ0v) is 11.8. The van der Waals surface area contributed by atoms with Gasteiger partial charge in [-0.2, -0.15) is 5.10 Å². The van der Waals surface area contributed by atoms with Gasteiger partial charge in [-0.15, -0.1) is 0 Å². The van der Waals surface area contributed by atoms with Crippen molar-refractivity contribution >= 4 is 17.7 Å². The summed E-state index contributed by atoms with van der Waals surface area (Å²) in [5.74, 6) is -1.08. The topological polar surface area (TPSA) is 96.3 Å². The molecule has 1 aromatic heterocycles. The molecule has 0 radical (unpaired) electrons. The maximum Gasteiger partial charge on any atom is 0.338 e. The number of urea groups is 1. The van der Waals surface area contributed by atoms with Crippen LogP contribution in [0.3, 0.4) is 0 Å². The molecule has 0 aliphatic rings. The molecule has 0 atom stereocenters. The summed E-state index contributed by atoms with van der Waals surface area (Å²) in [4.78, 5) is 23.1. The predicted octanol–water partition coefficient (Wildman–Crippen LogP) is 1.75. The summed E-state index contributed by atoms with van der Waals surface area (Å²) in [6, 6.07) is 6.23. The van der Waals surface area contributed by atoms with Gasteiger partial charge in [-0.1, -0.05) is 12.1 Å². The van der Waals surface area contributed by atoms with E-state index in [1.807, 2.05) is 0 Å². The summed E-state index contributed by atoms with van der Waals surface area (Å²) in [5, 5.41) is 18.5. The third-order valence-electron chi connectivity index (χ3n) is 2.93. The van der Waals surface area contributed by atoms with Gasteiger partial charge in [0, 0.05) is 13.2 Å². The number of carbonyl (C=O) groups excluding carboxylic acids is 1. The van der Waals surface area contributed by atoms with Crippen LogP contribution < -0.4 is 10.6 Å². The summed E-state index contributed by atoms with van der Waals surface area (Å²) < 4.78 is 1.64. The SMILES string of the molecule is Cc1cccc(NC(=O)NCc2ccn(C)n2)c1C(=O)O. The Bertz CT molecular complexity index is 679. The molecule has 0 aliphatic heterocycles. The molecule has 110 valence electrons. The molecule has 7 nitrogen and oxygen atoms in total. The van der Waals surface area contributed by atoms with Crippen LogP contribution in [0.4, 0.5) is 10.5 Å². The first-order valence-electron chi connectivity index (χ1n) is 6.33. The molecule has 2 amide bonds. The van der Waals surface area contributed by atoms with Crippen molar-refractivity contribution < 1.29 is 14.7 Å². The standard InChI is InChI=1S/C14H16N4O3/c1-9-4-3-5-11(12(9)13(19)20)16-14(21)15-8-10-6-7-18(2)17-10/h3-7H,8H2,1-2H3,(H,19,20)(H2,15,16,21). The van der Waals surface area contributed by atoms with Crippen molar-refractivity contribution in [2.75, 3.05) is 5.32 Å². The lowest BCUT2D eigenvalue weighted by molar-refractivity contribution is 0.0697. The van der Waals surface area contributed by atoms with Crippen molar-refractivity contribution in [3.05, 3.63) is 47.3 Å². The van der Waals surface area contributed by atoms with Crippen LogP contribution in [0, 0.1) is 6.92 Å². The normalized spacial score (nSPS) is 10.2. The van der Waals surface area contributed by atoms with Gasteiger partial charge in [0.05, 0.1) is 23.5 Å². The van der Waals surface area contributed by atoms with Gasteiger partial charge < -0.3 is 15.7 Å². The average Bonchev–Trinajstić information content (AvgIpc) is 2.82. The number of nitrogens with one attached hydrogen (secondary N) is 2. The van der Waals surface area contributed by atoms with Crippen molar-refractivity contribution in [2.45, 2.75) is 13.5 Å². The Morgan fingerprint density at radius 3 is 2.71 bits per heavy atom. The van der Waals surface area contributed by atoms with Crippen molar-refractivity contribution in [2.24, 2.45) is 7.05 Å². The van der Waals surface area contributed by atoms with Gasteiger partial charge in [-0.05, 0) is 24.6 Å². The van der Waals surface area contributed by atoms with Crippen molar-refractivity contribution in [1.82, 2.24) is 15.1 Å². The summed E-state index contributed by atoms with van der Waals surface area (Å²) in [5.41, 5.74) is 1.66. The number of anilines is 1. The summed E-state index contributed by atoms with van der Waals surface area (Å²) in [6.45, 7) is 1.95. The number of hydrogen-bond donors (Lipinski definition) is 3. The molecule has 7 heteroatoms. The van der Waals surface area contributed by atoms with E-state index in [0.29, 0.717) is 5.56 Å². The van der Waals surface area contributed by atoms with Crippen LogP contribution in [-0.2, 0) is 13.6 Å². The minimum Gasteiger partial charge on any atom is -0.478 e. The van der Waals surface area contributed by atoms with E-state index >= 15 is 0 Å². The molecule has 2 aromatic rings. The predicted molar refractivity (Wildman–Crippen MR) is 77.2 cm³/mol. The third kappa shape index (κ3) is 3.59. The summed E-state index contributed by atoms with van der Waals surface area (Å²) in [6.07, 6.45) is 1.78. The molecular weight excluding hydrogens is 272 g/mol.